The van der Waals surface area contributed by atoms with Gasteiger partial charge in [0.1, 0.15) is 0 Å². The van der Waals surface area contributed by atoms with Crippen molar-refractivity contribution in [3.63, 3.8) is 0 Å². The summed E-state index contributed by atoms with van der Waals surface area (Å²) < 4.78 is 0. The van der Waals surface area contributed by atoms with Crippen molar-refractivity contribution >= 4 is 5.69 Å². The van der Waals surface area contributed by atoms with E-state index in [0.29, 0.717) is 0 Å². The van der Waals surface area contributed by atoms with Crippen LogP contribution in [-0.4, -0.2) is 14.1 Å². The molecule has 0 aromatic heterocycles. The van der Waals surface area contributed by atoms with Gasteiger partial charge in [0.25, 0.3) is 0 Å². The summed E-state index contributed by atoms with van der Waals surface area (Å²) >= 11 is 0. The second-order valence-corrected chi connectivity index (χ2v) is 4.46. The Morgan fingerprint density at radius 1 is 0.889 bits per heavy atom. The molecule has 0 saturated carbocycles. The molecule has 2 aromatic rings. The zero-order valence-electron chi connectivity index (χ0n) is 10.7. The summed E-state index contributed by atoms with van der Waals surface area (Å²) in [6, 6.07) is 20.4. The average molecular weight is 236 g/mol. The SMILES string of the molecule is CN(C)c1ccc([C@H](C#N)c2ccccc2)cc1. The molecule has 0 spiro atoms. The van der Waals surface area contributed by atoms with Gasteiger partial charge in [0, 0.05) is 19.8 Å². The Bertz CT molecular complexity index is 536. The van der Waals surface area contributed by atoms with Crippen LogP contribution in [0.2, 0.25) is 0 Å². The Kier molecular flexibility index (Phi) is 3.64. The van der Waals surface area contributed by atoms with Crippen LogP contribution in [0.1, 0.15) is 17.0 Å². The molecule has 0 unspecified atom stereocenters. The minimum absolute atomic E-state index is 0.192. The van der Waals surface area contributed by atoms with Crippen molar-refractivity contribution in [2.24, 2.45) is 0 Å². The number of nitriles is 1. The monoisotopic (exact) mass is 236 g/mol. The summed E-state index contributed by atoms with van der Waals surface area (Å²) in [5.74, 6) is -0.192. The first-order chi connectivity index (χ1) is 8.72. The lowest BCUT2D eigenvalue weighted by Gasteiger charge is -2.14. The zero-order valence-corrected chi connectivity index (χ0v) is 10.7. The van der Waals surface area contributed by atoms with E-state index in [1.807, 2.05) is 73.6 Å². The molecular formula is C16H16N2. The molecule has 0 saturated heterocycles. The summed E-state index contributed by atoms with van der Waals surface area (Å²) in [5.41, 5.74) is 3.22. The third-order valence-electron chi connectivity index (χ3n) is 3.00. The first kappa shape index (κ1) is 12.2. The predicted molar refractivity (Wildman–Crippen MR) is 74.7 cm³/mol. The van der Waals surface area contributed by atoms with Crippen LogP contribution in [0.3, 0.4) is 0 Å². The van der Waals surface area contributed by atoms with Crippen molar-refractivity contribution in [3.8, 4) is 6.07 Å². The van der Waals surface area contributed by atoms with Gasteiger partial charge in [-0.3, -0.25) is 0 Å². The van der Waals surface area contributed by atoms with Crippen LogP contribution < -0.4 is 4.90 Å². The van der Waals surface area contributed by atoms with E-state index in [4.69, 9.17) is 0 Å². The van der Waals surface area contributed by atoms with Crippen molar-refractivity contribution < 1.29 is 0 Å². The van der Waals surface area contributed by atoms with Crippen molar-refractivity contribution in [3.05, 3.63) is 65.7 Å². The van der Waals surface area contributed by atoms with E-state index < -0.39 is 0 Å². The molecule has 0 fully saturated rings. The zero-order chi connectivity index (χ0) is 13.0. The first-order valence-electron chi connectivity index (χ1n) is 5.94. The van der Waals surface area contributed by atoms with E-state index in [0.717, 1.165) is 16.8 Å². The molecule has 2 rings (SSSR count). The van der Waals surface area contributed by atoms with Gasteiger partial charge in [-0.25, -0.2) is 0 Å². The summed E-state index contributed by atoms with van der Waals surface area (Å²) in [6.07, 6.45) is 0. The van der Waals surface area contributed by atoms with Gasteiger partial charge in [-0.15, -0.1) is 0 Å². The van der Waals surface area contributed by atoms with Gasteiger partial charge in [-0.05, 0) is 23.3 Å². The Morgan fingerprint density at radius 2 is 1.44 bits per heavy atom. The Hall–Kier alpha value is -2.27. The summed E-state index contributed by atoms with van der Waals surface area (Å²) in [5, 5.41) is 9.35. The lowest BCUT2D eigenvalue weighted by Crippen LogP contribution is -2.08. The smallest absolute Gasteiger partial charge is 0.0962 e. The van der Waals surface area contributed by atoms with Crippen molar-refractivity contribution in [2.45, 2.75) is 5.92 Å². The number of nitrogens with zero attached hydrogens (tertiary/aromatic N) is 2. The van der Waals surface area contributed by atoms with E-state index in [-0.39, 0.29) is 5.92 Å². The Labute approximate surface area is 108 Å². The number of benzene rings is 2. The topological polar surface area (TPSA) is 27.0 Å². The fourth-order valence-corrected chi connectivity index (χ4v) is 1.95. The highest BCUT2D eigenvalue weighted by atomic mass is 15.1. The molecule has 2 aromatic carbocycles. The van der Waals surface area contributed by atoms with Gasteiger partial charge >= 0.3 is 0 Å². The van der Waals surface area contributed by atoms with Crippen molar-refractivity contribution in [1.82, 2.24) is 0 Å². The third kappa shape index (κ3) is 2.52. The van der Waals surface area contributed by atoms with E-state index >= 15 is 0 Å². The number of hydrogen-bond acceptors (Lipinski definition) is 2. The van der Waals surface area contributed by atoms with Crippen LogP contribution in [0.25, 0.3) is 0 Å². The maximum atomic E-state index is 9.35. The van der Waals surface area contributed by atoms with Crippen LogP contribution >= 0.6 is 0 Å². The van der Waals surface area contributed by atoms with E-state index in [1.165, 1.54) is 0 Å². The Morgan fingerprint density at radius 3 is 1.94 bits per heavy atom. The maximum Gasteiger partial charge on any atom is 0.0962 e. The fraction of sp³-hybridized carbons (Fsp3) is 0.188. The second-order valence-electron chi connectivity index (χ2n) is 4.46. The van der Waals surface area contributed by atoms with Crippen molar-refractivity contribution in [2.75, 3.05) is 19.0 Å². The molecule has 0 N–H and O–H groups in total. The number of hydrogen-bond donors (Lipinski definition) is 0. The van der Waals surface area contributed by atoms with Gasteiger partial charge in [-0.1, -0.05) is 42.5 Å². The van der Waals surface area contributed by atoms with Gasteiger partial charge < -0.3 is 4.90 Å². The van der Waals surface area contributed by atoms with Crippen LogP contribution in [-0.2, 0) is 0 Å². The molecule has 0 aliphatic heterocycles. The van der Waals surface area contributed by atoms with Crippen molar-refractivity contribution in [1.29, 1.82) is 5.26 Å². The third-order valence-corrected chi connectivity index (χ3v) is 3.00. The average Bonchev–Trinajstić information content (AvgIpc) is 2.41. The maximum absolute atomic E-state index is 9.35. The quantitative estimate of drug-likeness (QED) is 0.816. The highest BCUT2D eigenvalue weighted by Gasteiger charge is 2.12. The minimum atomic E-state index is -0.192. The fourth-order valence-electron chi connectivity index (χ4n) is 1.95. The Balaban J connectivity index is 2.32. The normalized spacial score (nSPS) is 11.6. The van der Waals surface area contributed by atoms with E-state index in [2.05, 4.69) is 6.07 Å². The summed E-state index contributed by atoms with van der Waals surface area (Å²) in [4.78, 5) is 2.05. The molecule has 90 valence electrons. The molecule has 0 aliphatic rings. The molecule has 1 atom stereocenters. The van der Waals surface area contributed by atoms with Crippen LogP contribution in [0.5, 0.6) is 0 Å². The van der Waals surface area contributed by atoms with Gasteiger partial charge in [-0.2, -0.15) is 5.26 Å². The highest BCUT2D eigenvalue weighted by molar-refractivity contribution is 5.49. The summed E-state index contributed by atoms with van der Waals surface area (Å²) in [6.45, 7) is 0. The predicted octanol–water partition coefficient (Wildman–Crippen LogP) is 3.41. The molecule has 2 nitrogen and oxygen atoms in total. The lowest BCUT2D eigenvalue weighted by atomic mass is 9.92. The molecule has 2 heteroatoms. The van der Waals surface area contributed by atoms with Gasteiger partial charge in [0.2, 0.25) is 0 Å². The molecule has 0 heterocycles. The lowest BCUT2D eigenvalue weighted by molar-refractivity contribution is 1.03. The molecule has 0 amide bonds. The first-order valence-corrected chi connectivity index (χ1v) is 5.94. The van der Waals surface area contributed by atoms with E-state index in [1.54, 1.807) is 0 Å². The minimum Gasteiger partial charge on any atom is -0.378 e. The van der Waals surface area contributed by atoms with Crippen LogP contribution in [0.15, 0.2) is 54.6 Å². The van der Waals surface area contributed by atoms with Gasteiger partial charge in [0.05, 0.1) is 12.0 Å². The standard InChI is InChI=1S/C16H16N2/c1-18(2)15-10-8-14(9-11-15)16(12-17)13-6-4-3-5-7-13/h3-11,16H,1-2H3/t16-/m1/s1. The molecule has 0 bridgehead atoms. The highest BCUT2D eigenvalue weighted by Crippen LogP contribution is 2.25. The molecule has 0 radical (unpaired) electrons. The number of rotatable bonds is 3. The van der Waals surface area contributed by atoms with Crippen LogP contribution in [0, 0.1) is 11.3 Å². The molecule has 18 heavy (non-hydrogen) atoms. The van der Waals surface area contributed by atoms with Gasteiger partial charge in [0.15, 0.2) is 0 Å². The van der Waals surface area contributed by atoms with E-state index in [9.17, 15) is 5.26 Å². The summed E-state index contributed by atoms with van der Waals surface area (Å²) in [7, 11) is 4.02. The van der Waals surface area contributed by atoms with Crippen LogP contribution in [0.4, 0.5) is 5.69 Å². The second kappa shape index (κ2) is 5.37. The largest absolute Gasteiger partial charge is 0.378 e. The molecule has 0 aliphatic carbocycles. The molecular weight excluding hydrogens is 220 g/mol. The number of anilines is 1.